The van der Waals surface area contributed by atoms with Gasteiger partial charge in [-0.3, -0.25) is 9.48 Å². The smallest absolute Gasteiger partial charge is 0.277 e. The van der Waals surface area contributed by atoms with Crippen molar-refractivity contribution < 1.29 is 13.6 Å². The maximum atomic E-state index is 13.3. The largest absolute Gasteiger partial charge is 0.318 e. The predicted molar refractivity (Wildman–Crippen MR) is 55.3 cm³/mol. The molecule has 7 heteroatoms. The van der Waals surface area contributed by atoms with Gasteiger partial charge < -0.3 is 5.32 Å². The van der Waals surface area contributed by atoms with E-state index in [0.717, 1.165) is 6.07 Å². The average Bonchev–Trinajstić information content (AvgIpc) is 2.72. The minimum absolute atomic E-state index is 0.0242. The first-order chi connectivity index (χ1) is 8.08. The van der Waals surface area contributed by atoms with E-state index >= 15 is 0 Å². The van der Waals surface area contributed by atoms with Crippen LogP contribution in [0, 0.1) is 11.6 Å². The second-order valence-corrected chi connectivity index (χ2v) is 3.33. The number of carbonyl (C=O) groups excluding carboxylic acids is 1. The van der Waals surface area contributed by atoms with Crippen molar-refractivity contribution in [1.29, 1.82) is 0 Å². The van der Waals surface area contributed by atoms with Crippen LogP contribution in [0.15, 0.2) is 24.4 Å². The molecular formula is C10H8F2N4O. The lowest BCUT2D eigenvalue weighted by molar-refractivity contribution is 0.102. The van der Waals surface area contributed by atoms with Crippen LogP contribution in [0.25, 0.3) is 0 Å². The number of nitrogens with one attached hydrogen (secondary N) is 1. The molecule has 0 unspecified atom stereocenters. The number of benzene rings is 1. The Labute approximate surface area is 95.1 Å². The Balaban J connectivity index is 2.21. The van der Waals surface area contributed by atoms with Gasteiger partial charge in [0.2, 0.25) is 0 Å². The molecule has 2 aromatic rings. The van der Waals surface area contributed by atoms with Gasteiger partial charge in [-0.05, 0) is 12.1 Å². The topological polar surface area (TPSA) is 59.8 Å². The summed E-state index contributed by atoms with van der Waals surface area (Å²) in [6.45, 7) is 0. The Kier molecular flexibility index (Phi) is 2.82. The van der Waals surface area contributed by atoms with Gasteiger partial charge in [-0.2, -0.15) is 0 Å². The lowest BCUT2D eigenvalue weighted by Gasteiger charge is -2.04. The van der Waals surface area contributed by atoms with E-state index < -0.39 is 17.5 Å². The average molecular weight is 238 g/mol. The third-order valence-corrected chi connectivity index (χ3v) is 2.04. The minimum Gasteiger partial charge on any atom is -0.318 e. The number of aromatic nitrogens is 3. The first kappa shape index (κ1) is 11.2. The lowest BCUT2D eigenvalue weighted by Crippen LogP contribution is -2.14. The van der Waals surface area contributed by atoms with E-state index in [1.165, 1.54) is 23.0 Å². The Morgan fingerprint density at radius 3 is 2.82 bits per heavy atom. The van der Waals surface area contributed by atoms with Crippen molar-refractivity contribution >= 4 is 11.6 Å². The molecule has 0 saturated heterocycles. The Hall–Kier alpha value is -2.31. The highest BCUT2D eigenvalue weighted by atomic mass is 19.2. The van der Waals surface area contributed by atoms with Gasteiger partial charge in [0.25, 0.3) is 5.91 Å². The second-order valence-electron chi connectivity index (χ2n) is 3.33. The van der Waals surface area contributed by atoms with E-state index in [1.807, 2.05) is 0 Å². The van der Waals surface area contributed by atoms with Gasteiger partial charge in [-0.25, -0.2) is 8.78 Å². The van der Waals surface area contributed by atoms with Crippen molar-refractivity contribution in [2.45, 2.75) is 0 Å². The Morgan fingerprint density at radius 2 is 2.18 bits per heavy atom. The molecule has 0 bridgehead atoms. The molecule has 0 aliphatic carbocycles. The van der Waals surface area contributed by atoms with Gasteiger partial charge in [0.1, 0.15) is 0 Å². The molecule has 0 radical (unpaired) electrons. The van der Waals surface area contributed by atoms with E-state index in [1.54, 1.807) is 7.05 Å². The van der Waals surface area contributed by atoms with Gasteiger partial charge in [-0.1, -0.05) is 11.3 Å². The van der Waals surface area contributed by atoms with E-state index in [4.69, 9.17) is 0 Å². The first-order valence-electron chi connectivity index (χ1n) is 4.69. The summed E-state index contributed by atoms with van der Waals surface area (Å²) in [6, 6.07) is 3.52. The zero-order valence-electron chi connectivity index (χ0n) is 8.82. The van der Waals surface area contributed by atoms with Crippen molar-refractivity contribution in [3.05, 3.63) is 41.7 Å². The number of anilines is 1. The number of nitrogens with zero attached hydrogens (tertiary/aromatic N) is 3. The van der Waals surface area contributed by atoms with Crippen LogP contribution in [0.3, 0.4) is 0 Å². The molecule has 0 aliphatic heterocycles. The van der Waals surface area contributed by atoms with Crippen molar-refractivity contribution in [3.8, 4) is 0 Å². The maximum absolute atomic E-state index is 13.3. The zero-order chi connectivity index (χ0) is 12.4. The molecule has 1 heterocycles. The number of carbonyl (C=O) groups is 1. The second kappa shape index (κ2) is 4.28. The van der Waals surface area contributed by atoms with Crippen LogP contribution in [0.4, 0.5) is 14.5 Å². The summed E-state index contributed by atoms with van der Waals surface area (Å²) in [5, 5.41) is 9.32. The van der Waals surface area contributed by atoms with Gasteiger partial charge >= 0.3 is 0 Å². The summed E-state index contributed by atoms with van der Waals surface area (Å²) in [7, 11) is 1.59. The maximum Gasteiger partial charge on any atom is 0.277 e. The molecule has 1 aromatic carbocycles. The molecule has 1 N–H and O–H groups in total. The van der Waals surface area contributed by atoms with Gasteiger partial charge in [0.15, 0.2) is 17.3 Å². The Bertz CT molecular complexity index is 567. The molecule has 0 fully saturated rings. The van der Waals surface area contributed by atoms with Crippen molar-refractivity contribution in [3.63, 3.8) is 0 Å². The standard InChI is InChI=1S/C10H8F2N4O/c1-16-5-8(14-15-16)10(17)13-7-4-2-3-6(11)9(7)12/h2-5H,1H3,(H,13,17). The SMILES string of the molecule is Cn1cc(C(=O)Nc2cccc(F)c2F)nn1. The minimum atomic E-state index is -1.11. The van der Waals surface area contributed by atoms with Gasteiger partial charge in [-0.15, -0.1) is 5.10 Å². The highest BCUT2D eigenvalue weighted by molar-refractivity contribution is 6.02. The number of amides is 1. The summed E-state index contributed by atoms with van der Waals surface area (Å²) in [5.41, 5.74) is -0.211. The highest BCUT2D eigenvalue weighted by Gasteiger charge is 2.14. The molecule has 17 heavy (non-hydrogen) atoms. The number of rotatable bonds is 2. The highest BCUT2D eigenvalue weighted by Crippen LogP contribution is 2.16. The zero-order valence-corrected chi connectivity index (χ0v) is 8.82. The fourth-order valence-electron chi connectivity index (χ4n) is 1.24. The molecule has 1 aromatic heterocycles. The monoisotopic (exact) mass is 238 g/mol. The van der Waals surface area contributed by atoms with Crippen LogP contribution >= 0.6 is 0 Å². The molecule has 0 spiro atoms. The molecular weight excluding hydrogens is 230 g/mol. The van der Waals surface area contributed by atoms with E-state index in [9.17, 15) is 13.6 Å². The molecule has 88 valence electrons. The molecule has 0 saturated carbocycles. The van der Waals surface area contributed by atoms with Crippen LogP contribution in [-0.2, 0) is 7.05 Å². The summed E-state index contributed by atoms with van der Waals surface area (Å²) in [6.07, 6.45) is 1.37. The summed E-state index contributed by atoms with van der Waals surface area (Å²) < 4.78 is 27.5. The van der Waals surface area contributed by atoms with Gasteiger partial charge in [0.05, 0.1) is 11.9 Å². The van der Waals surface area contributed by atoms with Crippen LogP contribution in [0.2, 0.25) is 0 Å². The summed E-state index contributed by atoms with van der Waals surface area (Å²) in [5.74, 6) is -2.78. The molecule has 0 aliphatic rings. The number of aryl methyl sites for hydroxylation is 1. The third-order valence-electron chi connectivity index (χ3n) is 2.04. The van der Waals surface area contributed by atoms with Crippen LogP contribution in [-0.4, -0.2) is 20.9 Å². The Morgan fingerprint density at radius 1 is 1.41 bits per heavy atom. The number of hydrogen-bond acceptors (Lipinski definition) is 3. The quantitative estimate of drug-likeness (QED) is 0.859. The fraction of sp³-hybridized carbons (Fsp3) is 0.100. The molecule has 5 nitrogen and oxygen atoms in total. The van der Waals surface area contributed by atoms with Crippen LogP contribution in [0.5, 0.6) is 0 Å². The van der Waals surface area contributed by atoms with E-state index in [-0.39, 0.29) is 11.4 Å². The predicted octanol–water partition coefficient (Wildman–Crippen LogP) is 1.35. The summed E-state index contributed by atoms with van der Waals surface area (Å²) >= 11 is 0. The summed E-state index contributed by atoms with van der Waals surface area (Å²) in [4.78, 5) is 11.6. The number of hydrogen-bond donors (Lipinski definition) is 1. The molecule has 1 amide bonds. The van der Waals surface area contributed by atoms with Crippen molar-refractivity contribution in [1.82, 2.24) is 15.0 Å². The fourth-order valence-corrected chi connectivity index (χ4v) is 1.24. The van der Waals surface area contributed by atoms with E-state index in [2.05, 4.69) is 15.6 Å². The first-order valence-corrected chi connectivity index (χ1v) is 4.69. The van der Waals surface area contributed by atoms with Crippen molar-refractivity contribution in [2.75, 3.05) is 5.32 Å². The van der Waals surface area contributed by atoms with Gasteiger partial charge in [0, 0.05) is 7.05 Å². The number of halogens is 2. The van der Waals surface area contributed by atoms with E-state index in [0.29, 0.717) is 0 Å². The van der Waals surface area contributed by atoms with Crippen LogP contribution < -0.4 is 5.32 Å². The van der Waals surface area contributed by atoms with Crippen LogP contribution in [0.1, 0.15) is 10.5 Å². The molecule has 0 atom stereocenters. The third kappa shape index (κ3) is 2.27. The van der Waals surface area contributed by atoms with Crippen molar-refractivity contribution in [2.24, 2.45) is 7.05 Å². The normalized spacial score (nSPS) is 10.3. The molecule has 2 rings (SSSR count). The lowest BCUT2D eigenvalue weighted by atomic mass is 10.3.